The Morgan fingerprint density at radius 2 is 2.56 bits per heavy atom. The summed E-state index contributed by atoms with van der Waals surface area (Å²) in [4.78, 5) is 12.4. The van der Waals surface area contributed by atoms with Crippen molar-refractivity contribution in [3.8, 4) is 0 Å². The van der Waals surface area contributed by atoms with Crippen LogP contribution >= 0.6 is 0 Å². The van der Waals surface area contributed by atoms with E-state index in [4.69, 9.17) is 4.74 Å². The molecule has 1 saturated heterocycles. The van der Waals surface area contributed by atoms with Gasteiger partial charge in [-0.15, -0.1) is 0 Å². The molecule has 0 aromatic rings. The molecule has 3 heteroatoms. The highest BCUT2D eigenvalue weighted by Crippen LogP contribution is 2.09. The average Bonchev–Trinajstić information content (AvgIpc) is 2.12. The minimum absolute atomic E-state index is 0.176. The summed E-state index contributed by atoms with van der Waals surface area (Å²) in [6.07, 6.45) is -0.176. The average molecular weight is 129 g/mol. The lowest BCUT2D eigenvalue weighted by Crippen LogP contribution is -2.30. The summed E-state index contributed by atoms with van der Waals surface area (Å²) in [7, 11) is 0. The molecular formula is C6H11NO2. The van der Waals surface area contributed by atoms with E-state index in [1.165, 1.54) is 0 Å². The molecule has 0 saturated carbocycles. The maximum atomic E-state index is 10.7. The summed E-state index contributed by atoms with van der Waals surface area (Å²) in [5.41, 5.74) is 0. The first kappa shape index (κ1) is 6.39. The van der Waals surface area contributed by atoms with Gasteiger partial charge in [0, 0.05) is 6.54 Å². The topological polar surface area (TPSA) is 29.5 Å². The van der Waals surface area contributed by atoms with Gasteiger partial charge >= 0.3 is 6.09 Å². The van der Waals surface area contributed by atoms with Gasteiger partial charge in [0.1, 0.15) is 6.61 Å². The Bertz CT molecular complexity index is 124. The van der Waals surface area contributed by atoms with E-state index in [1.54, 1.807) is 4.90 Å². The quantitative estimate of drug-likeness (QED) is 0.525. The molecule has 1 rings (SSSR count). The number of cyclic esters (lactones) is 1. The first-order valence-corrected chi connectivity index (χ1v) is 3.19. The maximum Gasteiger partial charge on any atom is 0.410 e. The molecule has 1 fully saturated rings. The van der Waals surface area contributed by atoms with Gasteiger partial charge in [-0.3, -0.25) is 0 Å². The van der Waals surface area contributed by atoms with Crippen molar-refractivity contribution in [1.29, 1.82) is 0 Å². The second-order valence-corrected chi connectivity index (χ2v) is 2.21. The molecule has 0 aliphatic carbocycles. The van der Waals surface area contributed by atoms with E-state index in [2.05, 4.69) is 0 Å². The third-order valence-corrected chi connectivity index (χ3v) is 1.56. The smallest absolute Gasteiger partial charge is 0.410 e. The van der Waals surface area contributed by atoms with Crippen LogP contribution in [0.5, 0.6) is 0 Å². The normalized spacial score (nSPS) is 26.7. The number of nitrogens with zero attached hydrogens (tertiary/aromatic N) is 1. The molecule has 0 bridgehead atoms. The van der Waals surface area contributed by atoms with Crippen molar-refractivity contribution in [3.63, 3.8) is 0 Å². The van der Waals surface area contributed by atoms with Crippen LogP contribution in [0.4, 0.5) is 4.79 Å². The Hall–Kier alpha value is -0.730. The number of carbonyl (C=O) groups is 1. The van der Waals surface area contributed by atoms with Gasteiger partial charge in [0.25, 0.3) is 0 Å². The SMILES string of the molecule is CCN1C(=O)OC[C@@H]1C. The molecule has 0 unspecified atom stereocenters. The molecular weight excluding hydrogens is 118 g/mol. The second-order valence-electron chi connectivity index (χ2n) is 2.21. The number of amides is 1. The van der Waals surface area contributed by atoms with Crippen LogP contribution < -0.4 is 0 Å². The zero-order valence-corrected chi connectivity index (χ0v) is 5.76. The Labute approximate surface area is 54.6 Å². The summed E-state index contributed by atoms with van der Waals surface area (Å²) in [5.74, 6) is 0. The van der Waals surface area contributed by atoms with Crippen molar-refractivity contribution in [1.82, 2.24) is 4.90 Å². The van der Waals surface area contributed by atoms with E-state index in [0.29, 0.717) is 6.61 Å². The molecule has 0 aromatic carbocycles. The van der Waals surface area contributed by atoms with E-state index in [0.717, 1.165) is 6.54 Å². The van der Waals surface area contributed by atoms with Crippen LogP contribution in [0, 0.1) is 0 Å². The number of rotatable bonds is 1. The lowest BCUT2D eigenvalue weighted by atomic mass is 10.3. The molecule has 9 heavy (non-hydrogen) atoms. The van der Waals surface area contributed by atoms with E-state index >= 15 is 0 Å². The van der Waals surface area contributed by atoms with Crippen LogP contribution in [0.25, 0.3) is 0 Å². The molecule has 1 atom stereocenters. The Morgan fingerprint density at radius 1 is 1.89 bits per heavy atom. The second kappa shape index (κ2) is 2.25. The molecule has 0 aromatic heterocycles. The van der Waals surface area contributed by atoms with Crippen LogP contribution in [0.1, 0.15) is 13.8 Å². The zero-order chi connectivity index (χ0) is 6.85. The summed E-state index contributed by atoms with van der Waals surface area (Å²) in [6.45, 7) is 5.23. The van der Waals surface area contributed by atoms with Crippen LogP contribution in [0.3, 0.4) is 0 Å². The highest BCUT2D eigenvalue weighted by Gasteiger charge is 2.27. The van der Waals surface area contributed by atoms with Crippen molar-refractivity contribution in [2.45, 2.75) is 19.9 Å². The predicted molar refractivity (Wildman–Crippen MR) is 33.2 cm³/mol. The summed E-state index contributed by atoms with van der Waals surface area (Å²) in [6, 6.07) is 0.266. The molecule has 0 radical (unpaired) electrons. The molecule has 0 N–H and O–H groups in total. The lowest BCUT2D eigenvalue weighted by Gasteiger charge is -2.13. The van der Waals surface area contributed by atoms with Crippen molar-refractivity contribution in [2.24, 2.45) is 0 Å². The van der Waals surface area contributed by atoms with Gasteiger partial charge < -0.3 is 9.64 Å². The lowest BCUT2D eigenvalue weighted by molar-refractivity contribution is 0.159. The molecule has 1 heterocycles. The van der Waals surface area contributed by atoms with Crippen molar-refractivity contribution < 1.29 is 9.53 Å². The summed E-state index contributed by atoms with van der Waals surface area (Å²) in [5, 5.41) is 0. The van der Waals surface area contributed by atoms with E-state index in [1.807, 2.05) is 13.8 Å². The first-order chi connectivity index (χ1) is 4.25. The van der Waals surface area contributed by atoms with Crippen LogP contribution in [-0.4, -0.2) is 30.2 Å². The van der Waals surface area contributed by atoms with Gasteiger partial charge in [0.2, 0.25) is 0 Å². The minimum Gasteiger partial charge on any atom is -0.447 e. The number of ether oxygens (including phenoxy) is 1. The zero-order valence-electron chi connectivity index (χ0n) is 5.76. The molecule has 52 valence electrons. The predicted octanol–water partition coefficient (Wildman–Crippen LogP) is 0.847. The summed E-state index contributed by atoms with van der Waals surface area (Å²) >= 11 is 0. The molecule has 1 amide bonds. The first-order valence-electron chi connectivity index (χ1n) is 3.19. The molecule has 1 aliphatic heterocycles. The van der Waals surface area contributed by atoms with E-state index in [-0.39, 0.29) is 12.1 Å². The van der Waals surface area contributed by atoms with Gasteiger partial charge in [-0.1, -0.05) is 0 Å². The maximum absolute atomic E-state index is 10.7. The standard InChI is InChI=1S/C6H11NO2/c1-3-7-5(2)4-9-6(7)8/h5H,3-4H2,1-2H3/t5-/m0/s1. The Balaban J connectivity index is 2.55. The fourth-order valence-electron chi connectivity index (χ4n) is 0.985. The monoisotopic (exact) mass is 129 g/mol. The fraction of sp³-hybridized carbons (Fsp3) is 0.833. The van der Waals surface area contributed by atoms with Crippen LogP contribution in [0.2, 0.25) is 0 Å². The van der Waals surface area contributed by atoms with Crippen LogP contribution in [-0.2, 0) is 4.74 Å². The third-order valence-electron chi connectivity index (χ3n) is 1.56. The number of hydrogen-bond acceptors (Lipinski definition) is 2. The summed E-state index contributed by atoms with van der Waals surface area (Å²) < 4.78 is 4.76. The van der Waals surface area contributed by atoms with Gasteiger partial charge in [-0.05, 0) is 13.8 Å². The van der Waals surface area contributed by atoms with Gasteiger partial charge in [0.05, 0.1) is 6.04 Å². The highest BCUT2D eigenvalue weighted by atomic mass is 16.6. The third kappa shape index (κ3) is 0.992. The highest BCUT2D eigenvalue weighted by molar-refractivity contribution is 5.69. The largest absolute Gasteiger partial charge is 0.447 e. The molecule has 0 spiro atoms. The molecule has 3 nitrogen and oxygen atoms in total. The van der Waals surface area contributed by atoms with Crippen molar-refractivity contribution in [3.05, 3.63) is 0 Å². The van der Waals surface area contributed by atoms with Crippen molar-refractivity contribution in [2.75, 3.05) is 13.2 Å². The Kier molecular flexibility index (Phi) is 1.60. The molecule has 1 aliphatic rings. The van der Waals surface area contributed by atoms with E-state index < -0.39 is 0 Å². The number of hydrogen-bond donors (Lipinski definition) is 0. The van der Waals surface area contributed by atoms with Crippen LogP contribution in [0.15, 0.2) is 0 Å². The number of likely N-dealkylation sites (N-methyl/N-ethyl adjacent to an activating group) is 1. The fourth-order valence-corrected chi connectivity index (χ4v) is 0.985. The Morgan fingerprint density at radius 3 is 2.78 bits per heavy atom. The van der Waals surface area contributed by atoms with Crippen molar-refractivity contribution >= 4 is 6.09 Å². The minimum atomic E-state index is -0.176. The van der Waals surface area contributed by atoms with E-state index in [9.17, 15) is 4.79 Å². The van der Waals surface area contributed by atoms with Gasteiger partial charge in [-0.2, -0.15) is 0 Å². The van der Waals surface area contributed by atoms with Gasteiger partial charge in [0.15, 0.2) is 0 Å². The number of carbonyl (C=O) groups excluding carboxylic acids is 1. The van der Waals surface area contributed by atoms with Gasteiger partial charge in [-0.25, -0.2) is 4.79 Å².